The Hall–Kier alpha value is -2.77. The Labute approximate surface area is 173 Å². The van der Waals surface area contributed by atoms with Gasteiger partial charge in [-0.25, -0.2) is 13.2 Å². The lowest BCUT2D eigenvalue weighted by molar-refractivity contribution is 0.447. The molecule has 2 aromatic heterocycles. The molecule has 30 heavy (non-hydrogen) atoms. The van der Waals surface area contributed by atoms with Crippen molar-refractivity contribution < 1.29 is 13.2 Å². The highest BCUT2D eigenvalue weighted by molar-refractivity contribution is 5.67. The molecule has 0 spiro atoms. The Kier molecular flexibility index (Phi) is 4.24. The monoisotopic (exact) mass is 415 g/mol. The van der Waals surface area contributed by atoms with Crippen molar-refractivity contribution in [3.63, 3.8) is 0 Å². The molecule has 2 unspecified atom stereocenters. The van der Waals surface area contributed by atoms with Gasteiger partial charge in [-0.1, -0.05) is 6.92 Å². The third kappa shape index (κ3) is 2.84. The Balaban J connectivity index is 1.51. The van der Waals surface area contributed by atoms with Crippen LogP contribution in [0.2, 0.25) is 0 Å². The zero-order valence-corrected chi connectivity index (χ0v) is 17.5. The van der Waals surface area contributed by atoms with Crippen LogP contribution < -0.4 is 4.90 Å². The molecule has 0 N–H and O–H groups in total. The summed E-state index contributed by atoms with van der Waals surface area (Å²) in [5.41, 5.74) is 3.98. The average Bonchev–Trinajstić information content (AvgIpc) is 3.13. The number of anilines is 1. The van der Waals surface area contributed by atoms with E-state index in [2.05, 4.69) is 29.9 Å². The molecule has 5 rings (SSSR count). The Bertz CT molecular complexity index is 1130. The number of hydrogen-bond acceptors (Lipinski definition) is 3. The summed E-state index contributed by atoms with van der Waals surface area (Å²) in [5, 5.41) is 9.40. The molecule has 1 aliphatic carbocycles. The molecule has 1 aliphatic heterocycles. The van der Waals surface area contributed by atoms with Gasteiger partial charge in [-0.05, 0) is 37.8 Å². The predicted molar refractivity (Wildman–Crippen MR) is 108 cm³/mol. The van der Waals surface area contributed by atoms with Gasteiger partial charge in [0.1, 0.15) is 0 Å². The predicted octanol–water partition coefficient (Wildman–Crippen LogP) is 4.49. The maximum Gasteiger partial charge on any atom is 0.194 e. The maximum absolute atomic E-state index is 13.8. The van der Waals surface area contributed by atoms with Crippen molar-refractivity contribution in [2.75, 3.05) is 11.4 Å². The van der Waals surface area contributed by atoms with E-state index >= 15 is 0 Å². The van der Waals surface area contributed by atoms with E-state index in [-0.39, 0.29) is 6.04 Å². The third-order valence-corrected chi connectivity index (χ3v) is 6.59. The van der Waals surface area contributed by atoms with Crippen LogP contribution in [0.3, 0.4) is 0 Å². The second-order valence-corrected chi connectivity index (χ2v) is 8.58. The minimum atomic E-state index is -1.45. The van der Waals surface area contributed by atoms with Crippen LogP contribution in [0.1, 0.15) is 49.2 Å². The Morgan fingerprint density at radius 2 is 1.63 bits per heavy atom. The van der Waals surface area contributed by atoms with Crippen LogP contribution in [0, 0.1) is 23.4 Å². The third-order valence-electron chi connectivity index (χ3n) is 6.59. The van der Waals surface area contributed by atoms with Gasteiger partial charge >= 0.3 is 0 Å². The minimum absolute atomic E-state index is 0.0387. The van der Waals surface area contributed by atoms with Gasteiger partial charge in [-0.3, -0.25) is 9.36 Å². The number of nitrogens with zero attached hydrogens (tertiary/aromatic N) is 5. The van der Waals surface area contributed by atoms with Gasteiger partial charge in [-0.2, -0.15) is 10.2 Å². The summed E-state index contributed by atoms with van der Waals surface area (Å²) in [5.74, 6) is -1.63. The Morgan fingerprint density at radius 3 is 2.27 bits per heavy atom. The summed E-state index contributed by atoms with van der Waals surface area (Å²) < 4.78 is 44.7. The highest BCUT2D eigenvalue weighted by atomic mass is 19.2. The molecule has 0 amide bonds. The molecule has 0 bridgehead atoms. The summed E-state index contributed by atoms with van der Waals surface area (Å²) in [6, 6.07) is 4.20. The lowest BCUT2D eigenvalue weighted by atomic mass is 9.95. The molecule has 0 saturated heterocycles. The van der Waals surface area contributed by atoms with Crippen LogP contribution in [0.5, 0.6) is 0 Å². The molecule has 3 aromatic rings. The average molecular weight is 415 g/mol. The Morgan fingerprint density at radius 1 is 0.967 bits per heavy atom. The van der Waals surface area contributed by atoms with Crippen molar-refractivity contribution in [3.8, 4) is 11.3 Å². The van der Waals surface area contributed by atoms with Crippen LogP contribution >= 0.6 is 0 Å². The van der Waals surface area contributed by atoms with E-state index < -0.39 is 17.5 Å². The fourth-order valence-electron chi connectivity index (χ4n) is 4.80. The highest BCUT2D eigenvalue weighted by Crippen LogP contribution is 2.48. The van der Waals surface area contributed by atoms with Crippen LogP contribution in [0.25, 0.3) is 11.3 Å². The second kappa shape index (κ2) is 6.62. The first-order valence-corrected chi connectivity index (χ1v) is 10.3. The quantitative estimate of drug-likeness (QED) is 0.592. The molecule has 8 heteroatoms. The molecule has 2 aliphatic rings. The van der Waals surface area contributed by atoms with E-state index in [0.717, 1.165) is 35.8 Å². The topological polar surface area (TPSA) is 38.9 Å². The lowest BCUT2D eigenvalue weighted by Crippen LogP contribution is -2.34. The van der Waals surface area contributed by atoms with E-state index in [9.17, 15) is 13.2 Å². The van der Waals surface area contributed by atoms with Crippen molar-refractivity contribution in [1.82, 2.24) is 19.6 Å². The number of halogens is 3. The summed E-state index contributed by atoms with van der Waals surface area (Å²) in [6.07, 6.45) is 1.86. The van der Waals surface area contributed by atoms with Crippen LogP contribution in [-0.2, 0) is 20.5 Å². The van der Waals surface area contributed by atoms with Crippen molar-refractivity contribution in [1.29, 1.82) is 0 Å². The molecule has 1 fully saturated rings. The number of hydrogen-bond donors (Lipinski definition) is 0. The number of rotatable bonds is 3. The standard InChI is InChI=1S/C22H24F3N5/c1-11-7-15(11)18-10-19(26-28(18)3)30-6-5-14-21(12(30)2)27-29(4)22(14)13-8-16(23)20(25)17(24)9-13/h8-12,15H,5-7H2,1-4H3/t11?,12-,15?/m0/s1. The van der Waals surface area contributed by atoms with E-state index in [1.807, 2.05) is 11.7 Å². The molecule has 3 atom stereocenters. The van der Waals surface area contributed by atoms with Gasteiger partial charge in [0.2, 0.25) is 0 Å². The van der Waals surface area contributed by atoms with Crippen molar-refractivity contribution in [2.24, 2.45) is 20.0 Å². The largest absolute Gasteiger partial charge is 0.346 e. The lowest BCUT2D eigenvalue weighted by Gasteiger charge is -2.33. The van der Waals surface area contributed by atoms with Crippen molar-refractivity contribution >= 4 is 5.82 Å². The summed E-state index contributed by atoms with van der Waals surface area (Å²) in [6.45, 7) is 5.04. The highest BCUT2D eigenvalue weighted by Gasteiger charge is 2.38. The first kappa shape index (κ1) is 19.2. The smallest absolute Gasteiger partial charge is 0.194 e. The first-order valence-electron chi connectivity index (χ1n) is 10.3. The second-order valence-electron chi connectivity index (χ2n) is 8.58. The van der Waals surface area contributed by atoms with E-state index in [4.69, 9.17) is 5.10 Å². The molecule has 3 heterocycles. The van der Waals surface area contributed by atoms with Crippen LogP contribution in [0.4, 0.5) is 19.0 Å². The van der Waals surface area contributed by atoms with Gasteiger partial charge in [0.25, 0.3) is 0 Å². The van der Waals surface area contributed by atoms with E-state index in [0.29, 0.717) is 29.5 Å². The zero-order chi connectivity index (χ0) is 21.3. The number of benzene rings is 1. The summed E-state index contributed by atoms with van der Waals surface area (Å²) in [7, 11) is 3.73. The van der Waals surface area contributed by atoms with Gasteiger partial charge in [-0.15, -0.1) is 0 Å². The number of aryl methyl sites for hydroxylation is 2. The van der Waals surface area contributed by atoms with Crippen LogP contribution in [0.15, 0.2) is 18.2 Å². The fraction of sp³-hybridized carbons (Fsp3) is 0.455. The fourth-order valence-corrected chi connectivity index (χ4v) is 4.80. The molecule has 5 nitrogen and oxygen atoms in total. The first-order chi connectivity index (χ1) is 14.3. The number of fused-ring (bicyclic) bond motifs is 1. The van der Waals surface area contributed by atoms with Gasteiger partial charge in [0.15, 0.2) is 23.3 Å². The number of aromatic nitrogens is 4. The molecular formula is C22H24F3N5. The normalized spacial score (nSPS) is 23.0. The van der Waals surface area contributed by atoms with Gasteiger partial charge in [0, 0.05) is 49.4 Å². The molecule has 1 aromatic carbocycles. The van der Waals surface area contributed by atoms with E-state index in [1.165, 1.54) is 12.1 Å². The van der Waals surface area contributed by atoms with Crippen molar-refractivity contribution in [2.45, 2.75) is 38.6 Å². The van der Waals surface area contributed by atoms with E-state index in [1.54, 1.807) is 11.7 Å². The summed E-state index contributed by atoms with van der Waals surface area (Å²) in [4.78, 5) is 2.22. The molecule has 158 valence electrons. The van der Waals surface area contributed by atoms with Crippen molar-refractivity contribution in [3.05, 3.63) is 52.6 Å². The maximum atomic E-state index is 13.8. The molecule has 1 saturated carbocycles. The SMILES string of the molecule is CC1CC1c1cc(N2CCc3c(nn(C)c3-c3cc(F)c(F)c(F)c3)[C@@H]2C)nn1C. The summed E-state index contributed by atoms with van der Waals surface area (Å²) >= 11 is 0. The molecular weight excluding hydrogens is 391 g/mol. The van der Waals surface area contributed by atoms with Gasteiger partial charge in [0.05, 0.1) is 17.4 Å². The van der Waals surface area contributed by atoms with Crippen LogP contribution in [-0.4, -0.2) is 26.1 Å². The molecule has 0 radical (unpaired) electrons. The van der Waals surface area contributed by atoms with Gasteiger partial charge < -0.3 is 4.90 Å². The minimum Gasteiger partial charge on any atom is -0.346 e. The zero-order valence-electron chi connectivity index (χ0n) is 17.5.